The van der Waals surface area contributed by atoms with Gasteiger partial charge in [-0.05, 0) is 57.9 Å². The van der Waals surface area contributed by atoms with Crippen LogP contribution < -0.4 is 4.74 Å². The minimum Gasteiger partial charge on any atom is -0.497 e. The van der Waals surface area contributed by atoms with E-state index in [1.165, 1.54) is 0 Å². The maximum Gasteiger partial charge on any atom is 0.410 e. The Morgan fingerprint density at radius 3 is 2.77 bits per heavy atom. The smallest absolute Gasteiger partial charge is 0.410 e. The summed E-state index contributed by atoms with van der Waals surface area (Å²) < 4.78 is 13.1. The van der Waals surface area contributed by atoms with E-state index in [0.717, 1.165) is 47.7 Å². The standard InChI is InChI=1S/C24H29N3O3/c1-24(2,3)30-23(28)26-13-8-10-18(16-26)22-25-21(20-12-5-6-14-27(20)22)17-9-7-11-19(15-17)29-4/h5-7,9,11-12,14-15,18H,8,10,13,16H2,1-4H3/t18-/m1/s1. The lowest BCUT2D eigenvalue weighted by atomic mass is 9.97. The fourth-order valence-corrected chi connectivity index (χ4v) is 4.01. The van der Waals surface area contributed by atoms with Crippen LogP contribution >= 0.6 is 0 Å². The number of carbonyl (C=O) groups excluding carboxylic acids is 1. The second-order valence-electron chi connectivity index (χ2n) is 8.77. The summed E-state index contributed by atoms with van der Waals surface area (Å²) in [4.78, 5) is 19.5. The molecule has 0 spiro atoms. The maximum atomic E-state index is 12.6. The van der Waals surface area contributed by atoms with Crippen molar-refractivity contribution in [2.24, 2.45) is 0 Å². The molecule has 3 heterocycles. The van der Waals surface area contributed by atoms with Crippen molar-refractivity contribution >= 4 is 11.6 Å². The summed E-state index contributed by atoms with van der Waals surface area (Å²) in [5.41, 5.74) is 2.50. The van der Waals surface area contributed by atoms with Gasteiger partial charge in [0.1, 0.15) is 17.2 Å². The zero-order valence-electron chi connectivity index (χ0n) is 18.1. The molecule has 1 aromatic carbocycles. The third kappa shape index (κ3) is 4.13. The van der Waals surface area contributed by atoms with Crippen molar-refractivity contribution in [3.63, 3.8) is 0 Å². The molecular weight excluding hydrogens is 378 g/mol. The molecular formula is C24H29N3O3. The number of hydrogen-bond acceptors (Lipinski definition) is 4. The van der Waals surface area contributed by atoms with E-state index >= 15 is 0 Å². The lowest BCUT2D eigenvalue weighted by molar-refractivity contribution is 0.0196. The number of benzene rings is 1. The Labute approximate surface area is 177 Å². The van der Waals surface area contributed by atoms with Gasteiger partial charge in [0.25, 0.3) is 0 Å². The van der Waals surface area contributed by atoms with Gasteiger partial charge in [0.05, 0.1) is 18.3 Å². The van der Waals surface area contributed by atoms with Crippen LogP contribution in [0.1, 0.15) is 45.4 Å². The molecule has 0 bridgehead atoms. The van der Waals surface area contributed by atoms with Crippen LogP contribution in [0.3, 0.4) is 0 Å². The lowest BCUT2D eigenvalue weighted by Crippen LogP contribution is -2.42. The molecule has 158 valence electrons. The number of rotatable bonds is 3. The Bertz CT molecular complexity index is 1050. The van der Waals surface area contributed by atoms with Gasteiger partial charge < -0.3 is 18.8 Å². The Hall–Kier alpha value is -3.02. The van der Waals surface area contributed by atoms with Gasteiger partial charge in [-0.1, -0.05) is 18.2 Å². The van der Waals surface area contributed by atoms with Crippen molar-refractivity contribution < 1.29 is 14.3 Å². The van der Waals surface area contributed by atoms with E-state index in [2.05, 4.69) is 16.5 Å². The minimum absolute atomic E-state index is 0.153. The fourth-order valence-electron chi connectivity index (χ4n) is 4.01. The highest BCUT2D eigenvalue weighted by Gasteiger charge is 2.31. The fraction of sp³-hybridized carbons (Fsp3) is 0.417. The third-order valence-corrected chi connectivity index (χ3v) is 5.36. The van der Waals surface area contributed by atoms with Gasteiger partial charge in [-0.15, -0.1) is 0 Å². The van der Waals surface area contributed by atoms with E-state index in [-0.39, 0.29) is 12.0 Å². The van der Waals surface area contributed by atoms with E-state index in [4.69, 9.17) is 14.5 Å². The average molecular weight is 408 g/mol. The Morgan fingerprint density at radius 2 is 2.00 bits per heavy atom. The highest BCUT2D eigenvalue weighted by molar-refractivity contribution is 5.78. The monoisotopic (exact) mass is 407 g/mol. The normalized spacial score (nSPS) is 17.2. The van der Waals surface area contributed by atoms with Gasteiger partial charge in [0, 0.05) is 30.8 Å². The van der Waals surface area contributed by atoms with Gasteiger partial charge in [0.2, 0.25) is 0 Å². The number of hydrogen-bond donors (Lipinski definition) is 0. The van der Waals surface area contributed by atoms with Gasteiger partial charge >= 0.3 is 6.09 Å². The number of amides is 1. The molecule has 1 amide bonds. The minimum atomic E-state index is -0.496. The lowest BCUT2D eigenvalue weighted by Gasteiger charge is -2.33. The van der Waals surface area contributed by atoms with Crippen LogP contribution in [0.4, 0.5) is 4.79 Å². The largest absolute Gasteiger partial charge is 0.497 e. The Morgan fingerprint density at radius 1 is 1.17 bits per heavy atom. The van der Waals surface area contributed by atoms with Gasteiger partial charge in [-0.2, -0.15) is 0 Å². The van der Waals surface area contributed by atoms with Crippen LogP contribution in [-0.2, 0) is 4.74 Å². The highest BCUT2D eigenvalue weighted by atomic mass is 16.6. The average Bonchev–Trinajstić information content (AvgIpc) is 3.12. The molecule has 1 fully saturated rings. The molecule has 0 radical (unpaired) electrons. The van der Waals surface area contributed by atoms with Crippen molar-refractivity contribution in [3.8, 4) is 17.0 Å². The van der Waals surface area contributed by atoms with Crippen LogP contribution in [0, 0.1) is 0 Å². The molecule has 2 aromatic heterocycles. The Kier molecular flexibility index (Phi) is 5.41. The summed E-state index contributed by atoms with van der Waals surface area (Å²) in [6.45, 7) is 7.02. The van der Waals surface area contributed by atoms with Crippen LogP contribution in [-0.4, -0.2) is 46.2 Å². The van der Waals surface area contributed by atoms with Gasteiger partial charge in [0.15, 0.2) is 0 Å². The van der Waals surface area contributed by atoms with Crippen molar-refractivity contribution in [3.05, 3.63) is 54.5 Å². The SMILES string of the molecule is COc1cccc(-c2nc([C@@H]3CCCN(C(=O)OC(C)(C)C)C3)n3ccccc23)c1. The predicted molar refractivity (Wildman–Crippen MR) is 117 cm³/mol. The molecule has 4 rings (SSSR count). The second-order valence-corrected chi connectivity index (χ2v) is 8.77. The van der Waals surface area contributed by atoms with Crippen LogP contribution in [0.15, 0.2) is 48.7 Å². The molecule has 0 N–H and O–H groups in total. The number of likely N-dealkylation sites (tertiary alicyclic amines) is 1. The summed E-state index contributed by atoms with van der Waals surface area (Å²) >= 11 is 0. The van der Waals surface area contributed by atoms with E-state index < -0.39 is 5.60 Å². The van der Waals surface area contributed by atoms with Gasteiger partial charge in [-0.25, -0.2) is 9.78 Å². The molecule has 30 heavy (non-hydrogen) atoms. The third-order valence-electron chi connectivity index (χ3n) is 5.36. The first-order valence-electron chi connectivity index (χ1n) is 10.4. The van der Waals surface area contributed by atoms with E-state index in [1.807, 2.05) is 62.2 Å². The number of nitrogens with zero attached hydrogens (tertiary/aromatic N) is 3. The zero-order valence-corrected chi connectivity index (χ0v) is 18.1. The summed E-state index contributed by atoms with van der Waals surface area (Å²) in [7, 11) is 1.67. The van der Waals surface area contributed by atoms with Crippen LogP contribution in [0.2, 0.25) is 0 Å². The molecule has 6 nitrogen and oxygen atoms in total. The first-order chi connectivity index (χ1) is 14.4. The van der Waals surface area contributed by atoms with E-state index in [0.29, 0.717) is 6.54 Å². The van der Waals surface area contributed by atoms with Crippen molar-refractivity contribution in [2.45, 2.75) is 45.1 Å². The first kappa shape index (κ1) is 20.3. The second kappa shape index (κ2) is 8.01. The molecule has 0 saturated carbocycles. The zero-order chi connectivity index (χ0) is 21.3. The van der Waals surface area contributed by atoms with Crippen LogP contribution in [0.25, 0.3) is 16.8 Å². The molecule has 1 aliphatic heterocycles. The molecule has 3 aromatic rings. The highest BCUT2D eigenvalue weighted by Crippen LogP contribution is 2.33. The molecule has 0 unspecified atom stereocenters. The van der Waals surface area contributed by atoms with Gasteiger partial charge in [-0.3, -0.25) is 0 Å². The van der Waals surface area contributed by atoms with Crippen molar-refractivity contribution in [1.82, 2.24) is 14.3 Å². The molecule has 1 atom stereocenters. The quantitative estimate of drug-likeness (QED) is 0.604. The van der Waals surface area contributed by atoms with Crippen LogP contribution in [0.5, 0.6) is 5.75 Å². The number of piperidine rings is 1. The molecule has 0 aliphatic carbocycles. The number of carbonyl (C=O) groups is 1. The van der Waals surface area contributed by atoms with E-state index in [1.54, 1.807) is 7.11 Å². The first-order valence-corrected chi connectivity index (χ1v) is 10.4. The number of fused-ring (bicyclic) bond motifs is 1. The molecule has 1 aliphatic rings. The number of imidazole rings is 1. The number of aromatic nitrogens is 2. The maximum absolute atomic E-state index is 12.6. The summed E-state index contributed by atoms with van der Waals surface area (Å²) in [6, 6.07) is 14.1. The summed E-state index contributed by atoms with van der Waals surface area (Å²) in [5.74, 6) is 1.94. The number of ether oxygens (including phenoxy) is 2. The van der Waals surface area contributed by atoms with Crippen molar-refractivity contribution in [1.29, 1.82) is 0 Å². The summed E-state index contributed by atoms with van der Waals surface area (Å²) in [6.07, 6.45) is 3.72. The topological polar surface area (TPSA) is 56.1 Å². The number of methoxy groups -OCH3 is 1. The number of pyridine rings is 1. The predicted octanol–water partition coefficient (Wildman–Crippen LogP) is 5.12. The summed E-state index contributed by atoms with van der Waals surface area (Å²) in [5, 5.41) is 0. The molecule has 6 heteroatoms. The Balaban J connectivity index is 1.68. The van der Waals surface area contributed by atoms with E-state index in [9.17, 15) is 4.79 Å². The van der Waals surface area contributed by atoms with Crippen molar-refractivity contribution in [2.75, 3.05) is 20.2 Å². The molecule has 1 saturated heterocycles.